The van der Waals surface area contributed by atoms with Gasteiger partial charge in [-0.2, -0.15) is 0 Å². The maximum atomic E-state index is 12.8. The Kier molecular flexibility index (Phi) is 5.45. The topological polar surface area (TPSA) is 58.1 Å². The largest absolute Gasteiger partial charge is 0.356 e. The number of nitrogens with one attached hydrogen (secondary N) is 1. The fourth-order valence-electron chi connectivity index (χ4n) is 2.30. The van der Waals surface area contributed by atoms with Crippen molar-refractivity contribution < 1.29 is 9.18 Å². The zero-order chi connectivity index (χ0) is 16.1. The number of benzene rings is 1. The molecular weight excluding hydrogens is 335 g/mol. The van der Waals surface area contributed by atoms with E-state index < -0.39 is 0 Å². The van der Waals surface area contributed by atoms with Crippen LogP contribution in [0.15, 0.2) is 28.6 Å². The maximum Gasteiger partial charge on any atom is 0.233 e. The zero-order valence-electron chi connectivity index (χ0n) is 12.5. The molecule has 8 heteroatoms. The van der Waals surface area contributed by atoms with Crippen molar-refractivity contribution in [3.8, 4) is 0 Å². The number of carbonyl (C=O) groups is 1. The number of thioether (sulfide) groups is 1. The molecule has 122 valence electrons. The molecule has 3 rings (SSSR count). The predicted octanol–water partition coefficient (Wildman–Crippen LogP) is 3.00. The number of carbonyl (C=O) groups excluding carboxylic acids is 1. The van der Waals surface area contributed by atoms with Crippen molar-refractivity contribution >= 4 is 34.1 Å². The minimum Gasteiger partial charge on any atom is -0.356 e. The van der Waals surface area contributed by atoms with Crippen LogP contribution in [0.3, 0.4) is 0 Å². The Morgan fingerprint density at radius 1 is 1.26 bits per heavy atom. The first-order valence-corrected chi connectivity index (χ1v) is 9.23. The number of nitrogens with zero attached hydrogens (tertiary/aromatic N) is 3. The molecule has 0 atom stereocenters. The molecule has 5 nitrogen and oxygen atoms in total. The first kappa shape index (κ1) is 16.2. The zero-order valence-corrected chi connectivity index (χ0v) is 14.1. The smallest absolute Gasteiger partial charge is 0.233 e. The molecule has 23 heavy (non-hydrogen) atoms. The van der Waals surface area contributed by atoms with Crippen molar-refractivity contribution in [1.82, 2.24) is 15.1 Å². The highest BCUT2D eigenvalue weighted by molar-refractivity contribution is 8.01. The molecule has 0 spiro atoms. The van der Waals surface area contributed by atoms with E-state index >= 15 is 0 Å². The van der Waals surface area contributed by atoms with E-state index in [1.165, 1.54) is 35.2 Å². The van der Waals surface area contributed by atoms with E-state index in [9.17, 15) is 9.18 Å². The van der Waals surface area contributed by atoms with Gasteiger partial charge in [-0.3, -0.25) is 4.79 Å². The second kappa shape index (κ2) is 7.74. The van der Waals surface area contributed by atoms with Crippen LogP contribution in [-0.4, -0.2) is 39.8 Å². The lowest BCUT2D eigenvalue weighted by Gasteiger charge is -2.13. The normalized spacial score (nSPS) is 14.2. The van der Waals surface area contributed by atoms with Crippen LogP contribution in [-0.2, 0) is 11.3 Å². The molecule has 2 heterocycles. The fourth-order valence-corrected chi connectivity index (χ4v) is 3.95. The van der Waals surface area contributed by atoms with Crippen molar-refractivity contribution in [2.45, 2.75) is 23.7 Å². The van der Waals surface area contributed by atoms with Gasteiger partial charge in [0.05, 0.1) is 5.75 Å². The fraction of sp³-hybridized carbons (Fsp3) is 0.400. The molecule has 1 aromatic carbocycles. The number of aromatic nitrogens is 2. The van der Waals surface area contributed by atoms with Crippen LogP contribution in [0.5, 0.6) is 0 Å². The third-order valence-electron chi connectivity index (χ3n) is 3.54. The lowest BCUT2D eigenvalue weighted by atomic mass is 10.2. The van der Waals surface area contributed by atoms with Crippen LogP contribution >= 0.6 is 23.1 Å². The summed E-state index contributed by atoms with van der Waals surface area (Å²) in [7, 11) is 0. The minimum atomic E-state index is -0.244. The first-order valence-electron chi connectivity index (χ1n) is 7.43. The Bertz CT molecular complexity index is 656. The highest BCUT2D eigenvalue weighted by Gasteiger charge is 2.18. The summed E-state index contributed by atoms with van der Waals surface area (Å²) >= 11 is 2.85. The van der Waals surface area contributed by atoms with Gasteiger partial charge in [0.2, 0.25) is 11.0 Å². The molecule has 1 aliphatic rings. The van der Waals surface area contributed by atoms with Gasteiger partial charge in [0, 0.05) is 19.6 Å². The Labute approximate surface area is 142 Å². The van der Waals surface area contributed by atoms with Crippen molar-refractivity contribution in [3.05, 3.63) is 35.6 Å². The van der Waals surface area contributed by atoms with Gasteiger partial charge in [-0.05, 0) is 30.5 Å². The van der Waals surface area contributed by atoms with E-state index in [4.69, 9.17) is 0 Å². The molecule has 0 aliphatic carbocycles. The number of amides is 1. The highest BCUT2D eigenvalue weighted by Crippen LogP contribution is 2.26. The lowest BCUT2D eigenvalue weighted by molar-refractivity contribution is -0.127. The molecule has 0 saturated carbocycles. The molecule has 1 saturated heterocycles. The molecule has 0 radical (unpaired) electrons. The quantitative estimate of drug-likeness (QED) is 0.810. The average molecular weight is 352 g/mol. The molecule has 1 aromatic heterocycles. The number of rotatable bonds is 6. The monoisotopic (exact) mass is 352 g/mol. The summed E-state index contributed by atoms with van der Waals surface area (Å²) in [6.45, 7) is 2.31. The van der Waals surface area contributed by atoms with Crippen LogP contribution in [0, 0.1) is 5.82 Å². The Morgan fingerprint density at radius 3 is 2.74 bits per heavy atom. The molecule has 1 fully saturated rings. The Morgan fingerprint density at radius 2 is 2.00 bits per heavy atom. The van der Waals surface area contributed by atoms with Crippen LogP contribution in [0.4, 0.5) is 9.52 Å². The summed E-state index contributed by atoms with van der Waals surface area (Å²) in [4.78, 5) is 13.9. The molecule has 0 unspecified atom stereocenters. The van der Waals surface area contributed by atoms with Gasteiger partial charge in [-0.15, -0.1) is 10.2 Å². The van der Waals surface area contributed by atoms with Crippen molar-refractivity contribution in [1.29, 1.82) is 0 Å². The lowest BCUT2D eigenvalue weighted by Crippen LogP contribution is -2.29. The number of hydrogen-bond donors (Lipinski definition) is 1. The summed E-state index contributed by atoms with van der Waals surface area (Å²) in [6.07, 6.45) is 2.21. The van der Waals surface area contributed by atoms with E-state index in [-0.39, 0.29) is 11.7 Å². The summed E-state index contributed by atoms with van der Waals surface area (Å²) < 4.78 is 13.6. The Balaban J connectivity index is 1.46. The van der Waals surface area contributed by atoms with Crippen LogP contribution in [0.2, 0.25) is 0 Å². The van der Waals surface area contributed by atoms with Gasteiger partial charge in [-0.25, -0.2) is 4.39 Å². The maximum absolute atomic E-state index is 12.8. The van der Waals surface area contributed by atoms with Gasteiger partial charge in [0.1, 0.15) is 5.82 Å². The predicted molar refractivity (Wildman–Crippen MR) is 90.2 cm³/mol. The van der Waals surface area contributed by atoms with Crippen molar-refractivity contribution in [3.63, 3.8) is 0 Å². The van der Waals surface area contributed by atoms with Crippen LogP contribution in [0.25, 0.3) is 0 Å². The first-order chi connectivity index (χ1) is 11.2. The summed E-state index contributed by atoms with van der Waals surface area (Å²) in [5.74, 6) is 0.335. The molecule has 1 aliphatic heterocycles. The van der Waals surface area contributed by atoms with Gasteiger partial charge in [0.15, 0.2) is 4.34 Å². The molecular formula is C15H17FN4OS2. The average Bonchev–Trinajstić information content (AvgIpc) is 3.24. The third-order valence-corrected chi connectivity index (χ3v) is 5.54. The SMILES string of the molecule is O=C(CSc1nnc(NCc2ccc(F)cc2)s1)N1CCCC1. The van der Waals surface area contributed by atoms with E-state index in [0.717, 1.165) is 35.8 Å². The number of hydrogen-bond acceptors (Lipinski definition) is 6. The van der Waals surface area contributed by atoms with E-state index in [0.29, 0.717) is 17.4 Å². The number of anilines is 1. The van der Waals surface area contributed by atoms with E-state index in [2.05, 4.69) is 15.5 Å². The van der Waals surface area contributed by atoms with Crippen LogP contribution in [0.1, 0.15) is 18.4 Å². The summed E-state index contributed by atoms with van der Waals surface area (Å²) in [5, 5.41) is 12.0. The summed E-state index contributed by atoms with van der Waals surface area (Å²) in [5.41, 5.74) is 0.972. The van der Waals surface area contributed by atoms with E-state index in [1.807, 2.05) is 4.90 Å². The highest BCUT2D eigenvalue weighted by atomic mass is 32.2. The van der Waals surface area contributed by atoms with Gasteiger partial charge in [0.25, 0.3) is 0 Å². The second-order valence-corrected chi connectivity index (χ2v) is 7.43. The van der Waals surface area contributed by atoms with Crippen LogP contribution < -0.4 is 5.32 Å². The van der Waals surface area contributed by atoms with Gasteiger partial charge < -0.3 is 10.2 Å². The third kappa shape index (κ3) is 4.65. The van der Waals surface area contributed by atoms with Gasteiger partial charge >= 0.3 is 0 Å². The van der Waals surface area contributed by atoms with Crippen molar-refractivity contribution in [2.75, 3.05) is 24.2 Å². The number of likely N-dealkylation sites (tertiary alicyclic amines) is 1. The standard InChI is InChI=1S/C15H17FN4OS2/c16-12-5-3-11(4-6-12)9-17-14-18-19-15(23-14)22-10-13(21)20-7-1-2-8-20/h3-6H,1-2,7-10H2,(H,17,18). The Hall–Kier alpha value is -1.67. The second-order valence-electron chi connectivity index (χ2n) is 5.23. The number of halogens is 1. The van der Waals surface area contributed by atoms with Gasteiger partial charge in [-0.1, -0.05) is 35.2 Å². The summed E-state index contributed by atoms with van der Waals surface area (Å²) in [6, 6.07) is 6.33. The molecule has 0 bridgehead atoms. The molecule has 1 amide bonds. The molecule has 1 N–H and O–H groups in total. The van der Waals surface area contributed by atoms with E-state index in [1.54, 1.807) is 12.1 Å². The minimum absolute atomic E-state index is 0.170. The van der Waals surface area contributed by atoms with Crippen molar-refractivity contribution in [2.24, 2.45) is 0 Å². The molecule has 2 aromatic rings.